The standard InChI is InChI=1S/C17H15BrF3N3OS/c1-10(24(2)9-13-6-7-14(18)26-13)16-22-15(23-25-16)11-4-3-5-12(8-11)17(19,20)21/h3-8,10H,9H2,1-2H3. The van der Waals surface area contributed by atoms with Crippen molar-refractivity contribution >= 4 is 27.3 Å². The highest BCUT2D eigenvalue weighted by Gasteiger charge is 2.31. The second kappa shape index (κ2) is 7.50. The molecule has 0 N–H and O–H groups in total. The summed E-state index contributed by atoms with van der Waals surface area (Å²) in [5, 5.41) is 3.84. The highest BCUT2D eigenvalue weighted by Crippen LogP contribution is 2.32. The van der Waals surface area contributed by atoms with Gasteiger partial charge in [0, 0.05) is 17.0 Å². The van der Waals surface area contributed by atoms with Crippen molar-refractivity contribution in [1.29, 1.82) is 0 Å². The van der Waals surface area contributed by atoms with Crippen LogP contribution < -0.4 is 0 Å². The maximum atomic E-state index is 12.9. The molecule has 1 aromatic carbocycles. The monoisotopic (exact) mass is 445 g/mol. The van der Waals surface area contributed by atoms with Crippen LogP contribution in [0.1, 0.15) is 29.3 Å². The van der Waals surface area contributed by atoms with E-state index >= 15 is 0 Å². The van der Waals surface area contributed by atoms with Gasteiger partial charge >= 0.3 is 6.18 Å². The van der Waals surface area contributed by atoms with Crippen molar-refractivity contribution in [3.8, 4) is 11.4 Å². The van der Waals surface area contributed by atoms with Crippen molar-refractivity contribution in [1.82, 2.24) is 15.0 Å². The molecule has 0 amide bonds. The van der Waals surface area contributed by atoms with Gasteiger partial charge in [0.25, 0.3) is 0 Å². The molecule has 0 bridgehead atoms. The minimum Gasteiger partial charge on any atom is -0.337 e. The third kappa shape index (κ3) is 4.33. The second-order valence-electron chi connectivity index (χ2n) is 5.83. The molecule has 0 aliphatic heterocycles. The molecular formula is C17H15BrF3N3OS. The lowest BCUT2D eigenvalue weighted by molar-refractivity contribution is -0.137. The molecule has 2 heterocycles. The molecule has 4 nitrogen and oxygen atoms in total. The molecular weight excluding hydrogens is 431 g/mol. The van der Waals surface area contributed by atoms with Crippen LogP contribution >= 0.6 is 27.3 Å². The minimum atomic E-state index is -4.41. The van der Waals surface area contributed by atoms with Crippen molar-refractivity contribution < 1.29 is 17.7 Å². The number of nitrogens with zero attached hydrogens (tertiary/aromatic N) is 3. The summed E-state index contributed by atoms with van der Waals surface area (Å²) < 4.78 is 44.9. The van der Waals surface area contributed by atoms with Crippen LogP contribution in [-0.2, 0) is 12.7 Å². The largest absolute Gasteiger partial charge is 0.416 e. The maximum absolute atomic E-state index is 12.9. The molecule has 0 saturated carbocycles. The lowest BCUT2D eigenvalue weighted by Gasteiger charge is -2.20. The first-order valence-electron chi connectivity index (χ1n) is 7.69. The van der Waals surface area contributed by atoms with Gasteiger partial charge in [0.1, 0.15) is 0 Å². The van der Waals surface area contributed by atoms with Crippen molar-refractivity contribution in [2.24, 2.45) is 0 Å². The van der Waals surface area contributed by atoms with E-state index in [0.717, 1.165) is 15.9 Å². The predicted octanol–water partition coefficient (Wildman–Crippen LogP) is 5.77. The van der Waals surface area contributed by atoms with Crippen LogP contribution in [0.15, 0.2) is 44.7 Å². The molecule has 1 atom stereocenters. The molecule has 9 heteroatoms. The highest BCUT2D eigenvalue weighted by atomic mass is 79.9. The minimum absolute atomic E-state index is 0.144. The average Bonchev–Trinajstić information content (AvgIpc) is 3.23. The smallest absolute Gasteiger partial charge is 0.337 e. The van der Waals surface area contributed by atoms with Crippen LogP contribution in [0.5, 0.6) is 0 Å². The number of alkyl halides is 3. The highest BCUT2D eigenvalue weighted by molar-refractivity contribution is 9.11. The van der Waals surface area contributed by atoms with Crippen LogP contribution in [-0.4, -0.2) is 22.1 Å². The summed E-state index contributed by atoms with van der Waals surface area (Å²) in [5.41, 5.74) is -0.471. The molecule has 26 heavy (non-hydrogen) atoms. The molecule has 0 aliphatic rings. The van der Waals surface area contributed by atoms with Crippen molar-refractivity contribution in [2.45, 2.75) is 25.7 Å². The molecule has 0 aliphatic carbocycles. The van der Waals surface area contributed by atoms with Crippen LogP contribution in [0.25, 0.3) is 11.4 Å². The van der Waals surface area contributed by atoms with Crippen molar-refractivity contribution in [2.75, 3.05) is 7.05 Å². The number of halogens is 4. The third-order valence-electron chi connectivity index (χ3n) is 3.94. The van der Waals surface area contributed by atoms with Gasteiger partial charge in [-0.25, -0.2) is 0 Å². The van der Waals surface area contributed by atoms with Crippen LogP contribution in [0.2, 0.25) is 0 Å². The van der Waals surface area contributed by atoms with Crippen LogP contribution in [0.3, 0.4) is 0 Å². The Morgan fingerprint density at radius 2 is 2.04 bits per heavy atom. The number of aromatic nitrogens is 2. The van der Waals surface area contributed by atoms with E-state index in [-0.39, 0.29) is 17.4 Å². The Morgan fingerprint density at radius 1 is 1.27 bits per heavy atom. The summed E-state index contributed by atoms with van der Waals surface area (Å²) >= 11 is 5.07. The summed E-state index contributed by atoms with van der Waals surface area (Å²) in [6.45, 7) is 2.60. The second-order valence-corrected chi connectivity index (χ2v) is 8.38. The van der Waals surface area contributed by atoms with Gasteiger partial charge in [0.05, 0.1) is 15.4 Å². The fourth-order valence-corrected chi connectivity index (χ4v) is 3.91. The van der Waals surface area contributed by atoms with Gasteiger partial charge < -0.3 is 4.52 Å². The van der Waals surface area contributed by atoms with E-state index in [9.17, 15) is 13.2 Å². The maximum Gasteiger partial charge on any atom is 0.416 e. The van der Waals surface area contributed by atoms with Gasteiger partial charge in [-0.3, -0.25) is 4.90 Å². The lowest BCUT2D eigenvalue weighted by Crippen LogP contribution is -2.21. The molecule has 1 unspecified atom stereocenters. The van der Waals surface area contributed by atoms with Gasteiger partial charge in [-0.2, -0.15) is 18.2 Å². The van der Waals surface area contributed by atoms with Gasteiger partial charge in [-0.1, -0.05) is 17.3 Å². The Hall–Kier alpha value is -1.71. The number of rotatable bonds is 5. The first-order valence-corrected chi connectivity index (χ1v) is 9.30. The summed E-state index contributed by atoms with van der Waals surface area (Å²) in [6, 6.07) is 8.73. The quantitative estimate of drug-likeness (QED) is 0.499. The summed E-state index contributed by atoms with van der Waals surface area (Å²) in [4.78, 5) is 7.48. The van der Waals surface area contributed by atoms with E-state index < -0.39 is 11.7 Å². The Balaban J connectivity index is 1.76. The van der Waals surface area contributed by atoms with Crippen LogP contribution in [0.4, 0.5) is 13.2 Å². The van der Waals surface area contributed by atoms with Crippen molar-refractivity contribution in [3.63, 3.8) is 0 Å². The number of hydrogen-bond acceptors (Lipinski definition) is 5. The molecule has 3 aromatic rings. The third-order valence-corrected chi connectivity index (χ3v) is 5.55. The van der Waals surface area contributed by atoms with E-state index in [1.165, 1.54) is 17.0 Å². The summed E-state index contributed by atoms with van der Waals surface area (Å²) in [6.07, 6.45) is -4.41. The predicted molar refractivity (Wildman–Crippen MR) is 96.6 cm³/mol. The molecule has 0 radical (unpaired) electrons. The molecule has 2 aromatic heterocycles. The van der Waals surface area contributed by atoms with Gasteiger partial charge in [0.2, 0.25) is 11.7 Å². The zero-order valence-electron chi connectivity index (χ0n) is 13.9. The molecule has 138 valence electrons. The Morgan fingerprint density at radius 3 is 2.69 bits per heavy atom. The zero-order valence-corrected chi connectivity index (χ0v) is 16.3. The van der Waals surface area contributed by atoms with Gasteiger partial charge in [-0.05, 0) is 54.2 Å². The topological polar surface area (TPSA) is 42.2 Å². The molecule has 0 saturated heterocycles. The Bertz CT molecular complexity index is 893. The van der Waals surface area contributed by atoms with E-state index in [4.69, 9.17) is 4.52 Å². The zero-order chi connectivity index (χ0) is 18.9. The van der Waals surface area contributed by atoms with E-state index in [1.54, 1.807) is 11.3 Å². The summed E-state index contributed by atoms with van der Waals surface area (Å²) in [5.74, 6) is 0.501. The number of benzene rings is 1. The molecule has 0 fully saturated rings. The van der Waals surface area contributed by atoms with Crippen LogP contribution in [0, 0.1) is 0 Å². The molecule has 3 rings (SSSR count). The normalized spacial score (nSPS) is 13.3. The number of hydrogen-bond donors (Lipinski definition) is 0. The van der Waals surface area contributed by atoms with E-state index in [1.807, 2.05) is 31.0 Å². The summed E-state index contributed by atoms with van der Waals surface area (Å²) in [7, 11) is 1.92. The first kappa shape index (κ1) is 19.1. The fraction of sp³-hybridized carbons (Fsp3) is 0.294. The number of thiophene rings is 1. The van der Waals surface area contributed by atoms with Gasteiger partial charge in [-0.15, -0.1) is 11.3 Å². The fourth-order valence-electron chi connectivity index (χ4n) is 2.36. The van der Waals surface area contributed by atoms with E-state index in [2.05, 4.69) is 26.1 Å². The lowest BCUT2D eigenvalue weighted by atomic mass is 10.1. The van der Waals surface area contributed by atoms with Crippen molar-refractivity contribution in [3.05, 3.63) is 56.5 Å². The molecule has 0 spiro atoms. The van der Waals surface area contributed by atoms with Gasteiger partial charge in [0.15, 0.2) is 0 Å². The van der Waals surface area contributed by atoms with E-state index in [0.29, 0.717) is 12.4 Å². The average molecular weight is 446 g/mol. The SMILES string of the molecule is CC(c1nc(-c2cccc(C(F)(F)F)c2)no1)N(C)Cc1ccc(Br)s1. The first-order chi connectivity index (χ1) is 12.2. The Labute approximate surface area is 160 Å². The Kier molecular flexibility index (Phi) is 5.50.